The topological polar surface area (TPSA) is 109 Å². The van der Waals surface area contributed by atoms with E-state index >= 15 is 0 Å². The van der Waals surface area contributed by atoms with Gasteiger partial charge in [-0.2, -0.15) is 0 Å². The Bertz CT molecular complexity index is 1040. The van der Waals surface area contributed by atoms with Gasteiger partial charge in [0.05, 0.1) is 17.4 Å². The van der Waals surface area contributed by atoms with E-state index in [4.69, 9.17) is 5.73 Å². The molecule has 2 aromatic rings. The zero-order valence-corrected chi connectivity index (χ0v) is 16.6. The lowest BCUT2D eigenvalue weighted by Gasteiger charge is -2.26. The Morgan fingerprint density at radius 3 is 2.52 bits per heavy atom. The van der Waals surface area contributed by atoms with Crippen molar-refractivity contribution in [3.05, 3.63) is 41.0 Å². The number of carbonyl (C=O) groups excluding carboxylic acids is 2. The van der Waals surface area contributed by atoms with Crippen molar-refractivity contribution in [1.82, 2.24) is 0 Å². The molecule has 150 valence electrons. The lowest BCUT2D eigenvalue weighted by molar-refractivity contribution is -0.148. The van der Waals surface area contributed by atoms with Gasteiger partial charge in [-0.05, 0) is 60.6 Å². The third kappa shape index (κ3) is 2.79. The summed E-state index contributed by atoms with van der Waals surface area (Å²) in [6, 6.07) is 8.06. The number of carbonyl (C=O) groups is 3. The fraction of sp³-hybridized carbons (Fsp3) is 0.409. The smallest absolute Gasteiger partial charge is 0.307 e. The minimum Gasteiger partial charge on any atom is -0.481 e. The van der Waals surface area contributed by atoms with Gasteiger partial charge < -0.3 is 16.2 Å². The molecule has 1 aromatic heterocycles. The summed E-state index contributed by atoms with van der Waals surface area (Å²) in [7, 11) is 0. The summed E-state index contributed by atoms with van der Waals surface area (Å²) in [5.74, 6) is -2.74. The van der Waals surface area contributed by atoms with E-state index in [0.29, 0.717) is 17.0 Å². The lowest BCUT2D eigenvalue weighted by atomic mass is 9.78. The van der Waals surface area contributed by atoms with Crippen LogP contribution in [0.1, 0.15) is 40.7 Å². The van der Waals surface area contributed by atoms with E-state index in [1.54, 1.807) is 0 Å². The van der Waals surface area contributed by atoms with E-state index in [2.05, 4.69) is 11.4 Å². The summed E-state index contributed by atoms with van der Waals surface area (Å²) in [5.41, 5.74) is 9.25. The van der Waals surface area contributed by atoms with Crippen molar-refractivity contribution in [2.45, 2.75) is 32.1 Å². The van der Waals surface area contributed by atoms with Crippen molar-refractivity contribution in [1.29, 1.82) is 0 Å². The predicted molar refractivity (Wildman–Crippen MR) is 110 cm³/mol. The number of hydrogen-bond acceptors (Lipinski definition) is 4. The molecule has 4 N–H and O–H groups in total. The quantitative estimate of drug-likeness (QED) is 0.718. The Morgan fingerprint density at radius 2 is 1.79 bits per heavy atom. The largest absolute Gasteiger partial charge is 0.481 e. The Morgan fingerprint density at radius 1 is 1.07 bits per heavy atom. The molecule has 1 heterocycles. The minimum absolute atomic E-state index is 0.0762. The van der Waals surface area contributed by atoms with E-state index in [-0.39, 0.29) is 17.7 Å². The monoisotopic (exact) mass is 410 g/mol. The molecule has 29 heavy (non-hydrogen) atoms. The average Bonchev–Trinajstić information content (AvgIpc) is 3.39. The Labute approximate surface area is 172 Å². The lowest BCUT2D eigenvalue weighted by Crippen LogP contribution is -2.38. The fourth-order valence-corrected chi connectivity index (χ4v) is 7.03. The summed E-state index contributed by atoms with van der Waals surface area (Å²) in [4.78, 5) is 38.1. The highest BCUT2D eigenvalue weighted by molar-refractivity contribution is 7.20. The molecule has 4 atom stereocenters. The maximum absolute atomic E-state index is 13.1. The number of thiophene rings is 1. The van der Waals surface area contributed by atoms with Crippen molar-refractivity contribution in [3.8, 4) is 10.4 Å². The molecular weight excluding hydrogens is 388 g/mol. The van der Waals surface area contributed by atoms with Crippen LogP contribution in [0.4, 0.5) is 5.00 Å². The van der Waals surface area contributed by atoms with Crippen LogP contribution in [0.25, 0.3) is 10.4 Å². The summed E-state index contributed by atoms with van der Waals surface area (Å²) < 4.78 is 0. The maximum Gasteiger partial charge on any atom is 0.307 e. The molecule has 5 rings (SSSR count). The van der Waals surface area contributed by atoms with E-state index in [1.807, 2.05) is 18.2 Å². The van der Waals surface area contributed by atoms with Crippen LogP contribution in [0.15, 0.2) is 24.3 Å². The zero-order chi connectivity index (χ0) is 20.3. The molecule has 0 radical (unpaired) electrons. The number of rotatable bonds is 4. The van der Waals surface area contributed by atoms with Gasteiger partial charge in [-0.15, -0.1) is 11.3 Å². The molecule has 3 aliphatic rings. The van der Waals surface area contributed by atoms with Crippen molar-refractivity contribution >= 4 is 34.1 Å². The number of aryl methyl sites for hydroxylation is 1. The van der Waals surface area contributed by atoms with E-state index in [1.165, 1.54) is 16.9 Å². The fourth-order valence-electron chi connectivity index (χ4n) is 5.71. The molecule has 0 unspecified atom stereocenters. The molecule has 0 saturated heterocycles. The highest BCUT2D eigenvalue weighted by atomic mass is 32.1. The first-order chi connectivity index (χ1) is 14.0. The molecule has 2 fully saturated rings. The number of carboxylic acid groups (broad SMARTS) is 1. The third-order valence-corrected chi connectivity index (χ3v) is 8.08. The number of carboxylic acids is 1. The molecule has 2 saturated carbocycles. The van der Waals surface area contributed by atoms with Gasteiger partial charge in [-0.3, -0.25) is 14.4 Å². The van der Waals surface area contributed by atoms with Gasteiger partial charge >= 0.3 is 5.97 Å². The van der Waals surface area contributed by atoms with Gasteiger partial charge in [-0.1, -0.05) is 24.3 Å². The normalized spacial score (nSPS) is 26.6. The summed E-state index contributed by atoms with van der Waals surface area (Å²) >= 11 is 1.37. The van der Waals surface area contributed by atoms with Crippen LogP contribution >= 0.6 is 11.3 Å². The molecule has 0 aliphatic heterocycles. The number of hydrogen-bond donors (Lipinski definition) is 3. The SMILES string of the molecule is NC(=O)c1c(NC(=O)[C@H]2[C@H]3CC[C@@H](C3)[C@H]2C(=O)O)sc2c1CCc1ccccc1-2. The van der Waals surface area contributed by atoms with E-state index < -0.39 is 23.7 Å². The first-order valence-corrected chi connectivity index (χ1v) is 10.8. The molecule has 2 bridgehead atoms. The second-order valence-corrected chi connectivity index (χ2v) is 9.37. The standard InChI is InChI=1S/C22H22N2O4S/c23-19(25)17-14-8-7-10-3-1-2-4-13(10)18(14)29-21(17)24-20(26)15-11-5-6-12(9-11)16(15)22(27)28/h1-4,11-12,15-16H,5-9H2,(H2,23,25)(H,24,26)(H,27,28)/t11-,12-,15-,16+/m0/s1. The number of anilines is 1. The van der Waals surface area contributed by atoms with Crippen LogP contribution in [-0.4, -0.2) is 22.9 Å². The van der Waals surface area contributed by atoms with E-state index in [9.17, 15) is 19.5 Å². The van der Waals surface area contributed by atoms with Crippen LogP contribution in [0.5, 0.6) is 0 Å². The predicted octanol–water partition coefficient (Wildman–Crippen LogP) is 3.30. The second-order valence-electron chi connectivity index (χ2n) is 8.35. The second kappa shape index (κ2) is 6.69. The zero-order valence-electron chi connectivity index (χ0n) is 15.8. The first kappa shape index (κ1) is 18.4. The number of benzene rings is 1. The maximum atomic E-state index is 13.1. The van der Waals surface area contributed by atoms with Gasteiger partial charge in [0, 0.05) is 4.88 Å². The van der Waals surface area contributed by atoms with Gasteiger partial charge in [0.1, 0.15) is 5.00 Å². The van der Waals surface area contributed by atoms with Crippen molar-refractivity contribution < 1.29 is 19.5 Å². The number of amides is 2. The highest BCUT2D eigenvalue weighted by Gasteiger charge is 2.54. The molecular formula is C22H22N2O4S. The van der Waals surface area contributed by atoms with Crippen LogP contribution in [0.3, 0.4) is 0 Å². The van der Waals surface area contributed by atoms with Crippen molar-refractivity contribution in [2.75, 3.05) is 5.32 Å². The van der Waals surface area contributed by atoms with Crippen LogP contribution in [0.2, 0.25) is 0 Å². The highest BCUT2D eigenvalue weighted by Crippen LogP contribution is 2.53. The van der Waals surface area contributed by atoms with Crippen LogP contribution < -0.4 is 11.1 Å². The number of nitrogens with one attached hydrogen (secondary N) is 1. The molecule has 1 aromatic carbocycles. The summed E-state index contributed by atoms with van der Waals surface area (Å²) in [6.45, 7) is 0. The Hall–Kier alpha value is -2.67. The van der Waals surface area contributed by atoms with Gasteiger partial charge in [-0.25, -0.2) is 0 Å². The number of fused-ring (bicyclic) bond motifs is 5. The van der Waals surface area contributed by atoms with Crippen LogP contribution in [0, 0.1) is 23.7 Å². The van der Waals surface area contributed by atoms with Crippen molar-refractivity contribution in [3.63, 3.8) is 0 Å². The first-order valence-electron chi connectivity index (χ1n) is 10.0. The molecule has 3 aliphatic carbocycles. The third-order valence-electron chi connectivity index (χ3n) is 6.90. The van der Waals surface area contributed by atoms with Gasteiger partial charge in [0.2, 0.25) is 5.91 Å². The average molecular weight is 410 g/mol. The minimum atomic E-state index is -0.896. The summed E-state index contributed by atoms with van der Waals surface area (Å²) in [5, 5.41) is 13.0. The van der Waals surface area contributed by atoms with Crippen molar-refractivity contribution in [2.24, 2.45) is 29.4 Å². The van der Waals surface area contributed by atoms with Gasteiger partial charge in [0.25, 0.3) is 5.91 Å². The summed E-state index contributed by atoms with van der Waals surface area (Å²) in [6.07, 6.45) is 4.08. The Balaban J connectivity index is 1.51. The number of primary amides is 1. The number of nitrogens with two attached hydrogens (primary N) is 1. The van der Waals surface area contributed by atoms with Gasteiger partial charge in [0.15, 0.2) is 0 Å². The molecule has 7 heteroatoms. The number of aliphatic carboxylic acids is 1. The Kier molecular flexibility index (Phi) is 4.24. The molecule has 0 spiro atoms. The molecule has 6 nitrogen and oxygen atoms in total. The molecule has 2 amide bonds. The van der Waals surface area contributed by atoms with E-state index in [0.717, 1.165) is 41.7 Å². The van der Waals surface area contributed by atoms with Crippen LogP contribution in [-0.2, 0) is 22.4 Å².